The molecular weight excluding hydrogens is 336 g/mol. The number of aromatic nitrogens is 3. The van der Waals surface area contributed by atoms with E-state index in [1.54, 1.807) is 24.4 Å². The summed E-state index contributed by atoms with van der Waals surface area (Å²) in [4.78, 5) is 23.8. The van der Waals surface area contributed by atoms with Gasteiger partial charge in [0.05, 0.1) is 5.52 Å². The maximum Gasteiger partial charge on any atom is 0.224 e. The molecule has 0 saturated heterocycles. The van der Waals surface area contributed by atoms with Crippen LogP contribution in [0.25, 0.3) is 10.9 Å². The molecule has 0 bridgehead atoms. The number of aromatic amines is 1. The fourth-order valence-electron chi connectivity index (χ4n) is 2.69. The van der Waals surface area contributed by atoms with Crippen molar-refractivity contribution in [1.82, 2.24) is 15.0 Å². The van der Waals surface area contributed by atoms with Gasteiger partial charge in [0.1, 0.15) is 5.82 Å². The number of para-hydroxylation sites is 1. The SMILES string of the molecule is O=C(c1ccc(Nc2ccnc(Cl)n2)cc1)c1cccc2cc[nH]c12. The number of carbonyl (C=O) groups excluding carboxylic acids is 1. The molecule has 2 N–H and O–H groups in total. The number of anilines is 2. The van der Waals surface area contributed by atoms with Crippen molar-refractivity contribution in [3.8, 4) is 0 Å². The molecule has 0 spiro atoms. The van der Waals surface area contributed by atoms with E-state index in [4.69, 9.17) is 11.6 Å². The topological polar surface area (TPSA) is 70.7 Å². The minimum atomic E-state index is -0.0234. The van der Waals surface area contributed by atoms with E-state index in [0.29, 0.717) is 16.9 Å². The van der Waals surface area contributed by atoms with Crippen molar-refractivity contribution in [2.45, 2.75) is 0 Å². The lowest BCUT2D eigenvalue weighted by Gasteiger charge is -2.07. The highest BCUT2D eigenvalue weighted by molar-refractivity contribution is 6.28. The van der Waals surface area contributed by atoms with Gasteiger partial charge in [-0.25, -0.2) is 9.97 Å². The fourth-order valence-corrected chi connectivity index (χ4v) is 2.83. The van der Waals surface area contributed by atoms with Gasteiger partial charge in [-0.3, -0.25) is 4.79 Å². The summed E-state index contributed by atoms with van der Waals surface area (Å²) in [6, 6.07) is 16.6. The molecule has 0 saturated carbocycles. The molecule has 25 heavy (non-hydrogen) atoms. The first-order chi connectivity index (χ1) is 12.2. The first-order valence-electron chi connectivity index (χ1n) is 7.67. The maximum absolute atomic E-state index is 12.8. The van der Waals surface area contributed by atoms with Crippen LogP contribution in [0.4, 0.5) is 11.5 Å². The number of nitrogens with zero attached hydrogens (tertiary/aromatic N) is 2. The highest BCUT2D eigenvalue weighted by Gasteiger charge is 2.13. The molecule has 0 aliphatic carbocycles. The molecule has 0 atom stereocenters. The largest absolute Gasteiger partial charge is 0.361 e. The predicted octanol–water partition coefficient (Wildman–Crippen LogP) is 4.59. The standard InChI is InChI=1S/C19H13ClN4O/c20-19-22-11-9-16(24-19)23-14-6-4-13(5-7-14)18(25)15-3-1-2-12-8-10-21-17(12)15/h1-11,21H,(H,22,23,24). The molecule has 2 heterocycles. The van der Waals surface area contributed by atoms with E-state index in [1.165, 1.54) is 0 Å². The third-order valence-electron chi connectivity index (χ3n) is 3.88. The summed E-state index contributed by atoms with van der Waals surface area (Å²) in [5, 5.41) is 4.32. The molecule has 4 aromatic rings. The van der Waals surface area contributed by atoms with E-state index in [1.807, 2.05) is 42.6 Å². The smallest absolute Gasteiger partial charge is 0.224 e. The van der Waals surface area contributed by atoms with Gasteiger partial charge >= 0.3 is 0 Å². The second kappa shape index (κ2) is 6.37. The third kappa shape index (κ3) is 3.09. The first kappa shape index (κ1) is 15.4. The molecule has 0 amide bonds. The molecule has 0 aliphatic rings. The number of ketones is 1. The van der Waals surface area contributed by atoms with Crippen LogP contribution in [0.2, 0.25) is 5.28 Å². The van der Waals surface area contributed by atoms with E-state index < -0.39 is 0 Å². The molecule has 6 heteroatoms. The average Bonchev–Trinajstić information content (AvgIpc) is 3.10. The zero-order chi connectivity index (χ0) is 17.2. The van der Waals surface area contributed by atoms with Crippen molar-refractivity contribution in [3.05, 3.63) is 83.4 Å². The number of rotatable bonds is 4. The summed E-state index contributed by atoms with van der Waals surface area (Å²) in [5.41, 5.74) is 2.94. The molecule has 0 fully saturated rings. The molecule has 4 rings (SSSR count). The highest BCUT2D eigenvalue weighted by Crippen LogP contribution is 2.22. The summed E-state index contributed by atoms with van der Waals surface area (Å²) in [6.45, 7) is 0. The van der Waals surface area contributed by atoms with Crippen molar-refractivity contribution in [2.24, 2.45) is 0 Å². The van der Waals surface area contributed by atoms with E-state index in [0.717, 1.165) is 16.6 Å². The number of benzene rings is 2. The Kier molecular flexibility index (Phi) is 3.91. The Morgan fingerprint density at radius 2 is 1.88 bits per heavy atom. The Morgan fingerprint density at radius 3 is 2.68 bits per heavy atom. The van der Waals surface area contributed by atoms with Gasteiger partial charge in [-0.15, -0.1) is 0 Å². The average molecular weight is 349 g/mol. The van der Waals surface area contributed by atoms with Crippen LogP contribution < -0.4 is 5.32 Å². The molecule has 2 aromatic heterocycles. The fraction of sp³-hybridized carbons (Fsp3) is 0. The van der Waals surface area contributed by atoms with Crippen LogP contribution in [0.1, 0.15) is 15.9 Å². The van der Waals surface area contributed by atoms with Crippen LogP contribution in [0.3, 0.4) is 0 Å². The second-order valence-electron chi connectivity index (χ2n) is 5.49. The van der Waals surface area contributed by atoms with Crippen molar-refractivity contribution < 1.29 is 4.79 Å². The predicted molar refractivity (Wildman–Crippen MR) is 98.5 cm³/mol. The van der Waals surface area contributed by atoms with Gasteiger partial charge in [0.2, 0.25) is 5.28 Å². The lowest BCUT2D eigenvalue weighted by atomic mass is 10.0. The van der Waals surface area contributed by atoms with Crippen LogP contribution in [0.15, 0.2) is 67.0 Å². The van der Waals surface area contributed by atoms with Crippen LogP contribution >= 0.6 is 11.6 Å². The summed E-state index contributed by atoms with van der Waals surface area (Å²) in [6.07, 6.45) is 3.41. The molecule has 0 radical (unpaired) electrons. The van der Waals surface area contributed by atoms with Gasteiger partial charge in [0.25, 0.3) is 0 Å². The van der Waals surface area contributed by atoms with Crippen molar-refractivity contribution in [2.75, 3.05) is 5.32 Å². The number of hydrogen-bond acceptors (Lipinski definition) is 4. The van der Waals surface area contributed by atoms with Crippen LogP contribution in [-0.4, -0.2) is 20.7 Å². The first-order valence-corrected chi connectivity index (χ1v) is 8.05. The molecule has 122 valence electrons. The summed E-state index contributed by atoms with van der Waals surface area (Å²) in [7, 11) is 0. The Bertz CT molecular complexity index is 1060. The van der Waals surface area contributed by atoms with Crippen LogP contribution in [-0.2, 0) is 0 Å². The quantitative estimate of drug-likeness (QED) is 0.418. The molecule has 2 aromatic carbocycles. The Hall–Kier alpha value is -3.18. The van der Waals surface area contributed by atoms with Gasteiger partial charge < -0.3 is 10.3 Å². The molecule has 5 nitrogen and oxygen atoms in total. The zero-order valence-corrected chi connectivity index (χ0v) is 13.8. The number of carbonyl (C=O) groups is 1. The highest BCUT2D eigenvalue weighted by atomic mass is 35.5. The Balaban J connectivity index is 1.59. The minimum Gasteiger partial charge on any atom is -0.361 e. The molecule has 0 unspecified atom stereocenters. The van der Waals surface area contributed by atoms with Gasteiger partial charge in [-0.2, -0.15) is 0 Å². The molecule has 0 aliphatic heterocycles. The number of hydrogen-bond donors (Lipinski definition) is 2. The van der Waals surface area contributed by atoms with Gasteiger partial charge in [0.15, 0.2) is 5.78 Å². The zero-order valence-electron chi connectivity index (χ0n) is 13.0. The van der Waals surface area contributed by atoms with Crippen molar-refractivity contribution >= 4 is 39.8 Å². The van der Waals surface area contributed by atoms with Crippen molar-refractivity contribution in [1.29, 1.82) is 0 Å². The normalized spacial score (nSPS) is 10.8. The number of H-pyrrole nitrogens is 1. The number of fused-ring (bicyclic) bond motifs is 1. The Labute approximate surface area is 148 Å². The van der Waals surface area contributed by atoms with Gasteiger partial charge in [-0.1, -0.05) is 12.1 Å². The van der Waals surface area contributed by atoms with Crippen LogP contribution in [0, 0.1) is 0 Å². The van der Waals surface area contributed by atoms with E-state index in [-0.39, 0.29) is 11.1 Å². The Morgan fingerprint density at radius 1 is 1.04 bits per heavy atom. The van der Waals surface area contributed by atoms with Crippen LogP contribution in [0.5, 0.6) is 0 Å². The van der Waals surface area contributed by atoms with Gasteiger partial charge in [-0.05, 0) is 54.1 Å². The summed E-state index contributed by atoms with van der Waals surface area (Å²) in [5.74, 6) is 0.569. The summed E-state index contributed by atoms with van der Waals surface area (Å²) >= 11 is 5.77. The molecular formula is C19H13ClN4O. The number of halogens is 1. The maximum atomic E-state index is 12.8. The summed E-state index contributed by atoms with van der Waals surface area (Å²) < 4.78 is 0. The monoisotopic (exact) mass is 348 g/mol. The van der Waals surface area contributed by atoms with Gasteiger partial charge in [0, 0.05) is 34.6 Å². The lowest BCUT2D eigenvalue weighted by Crippen LogP contribution is -2.02. The minimum absolute atomic E-state index is 0.0234. The lowest BCUT2D eigenvalue weighted by molar-refractivity contribution is 0.104. The van der Waals surface area contributed by atoms with Crippen molar-refractivity contribution in [3.63, 3.8) is 0 Å². The second-order valence-corrected chi connectivity index (χ2v) is 5.83. The van der Waals surface area contributed by atoms with E-state index in [2.05, 4.69) is 20.3 Å². The van der Waals surface area contributed by atoms with E-state index >= 15 is 0 Å². The third-order valence-corrected chi connectivity index (χ3v) is 4.06. The van der Waals surface area contributed by atoms with E-state index in [9.17, 15) is 4.79 Å². The number of nitrogens with one attached hydrogen (secondary N) is 2.